The highest BCUT2D eigenvalue weighted by Gasteiger charge is 2.48. The number of Topliss-reactive ketones (excluding diaryl/α,β-unsaturated/α-hetero) is 1. The number of hydrogen-bond donors (Lipinski definition) is 1. The third kappa shape index (κ3) is 2.21. The zero-order valence-electron chi connectivity index (χ0n) is 9.86. The van der Waals surface area contributed by atoms with Crippen LogP contribution in [0.25, 0.3) is 0 Å². The Morgan fingerprint density at radius 1 is 1.27 bits per heavy atom. The first-order valence-electron chi connectivity index (χ1n) is 5.61. The minimum atomic E-state index is -0.943. The van der Waals surface area contributed by atoms with Gasteiger partial charge in [0, 0.05) is 6.42 Å². The van der Waals surface area contributed by atoms with Crippen molar-refractivity contribution in [2.45, 2.75) is 34.1 Å². The van der Waals surface area contributed by atoms with Crippen molar-refractivity contribution in [3.63, 3.8) is 0 Å². The van der Waals surface area contributed by atoms with Crippen LogP contribution in [-0.2, 0) is 9.59 Å². The van der Waals surface area contributed by atoms with E-state index in [1.165, 1.54) is 0 Å². The maximum atomic E-state index is 11.7. The summed E-state index contributed by atoms with van der Waals surface area (Å²) in [7, 11) is 0. The largest absolute Gasteiger partial charge is 0.481 e. The smallest absolute Gasteiger partial charge is 0.314 e. The van der Waals surface area contributed by atoms with E-state index < -0.39 is 11.9 Å². The van der Waals surface area contributed by atoms with Gasteiger partial charge in [0.05, 0.1) is 0 Å². The van der Waals surface area contributed by atoms with Gasteiger partial charge in [0.1, 0.15) is 11.7 Å². The van der Waals surface area contributed by atoms with Gasteiger partial charge in [-0.1, -0.05) is 27.7 Å². The van der Waals surface area contributed by atoms with Crippen LogP contribution in [0.3, 0.4) is 0 Å². The summed E-state index contributed by atoms with van der Waals surface area (Å²) in [5.41, 5.74) is 0. The fraction of sp³-hybridized carbons (Fsp3) is 0.833. The Kier molecular flexibility index (Phi) is 3.53. The quantitative estimate of drug-likeness (QED) is 0.730. The summed E-state index contributed by atoms with van der Waals surface area (Å²) in [6.07, 6.45) is 0.442. The molecule has 15 heavy (non-hydrogen) atoms. The van der Waals surface area contributed by atoms with E-state index in [0.29, 0.717) is 12.3 Å². The molecule has 1 N–H and O–H groups in total. The van der Waals surface area contributed by atoms with Crippen LogP contribution in [0.2, 0.25) is 0 Å². The first kappa shape index (κ1) is 12.2. The van der Waals surface area contributed by atoms with Gasteiger partial charge in [0.2, 0.25) is 0 Å². The molecule has 1 aliphatic carbocycles. The van der Waals surface area contributed by atoms with Crippen molar-refractivity contribution in [2.75, 3.05) is 0 Å². The van der Waals surface area contributed by atoms with Gasteiger partial charge < -0.3 is 5.11 Å². The van der Waals surface area contributed by atoms with Gasteiger partial charge in [-0.25, -0.2) is 0 Å². The van der Waals surface area contributed by atoms with E-state index in [-0.39, 0.29) is 23.5 Å². The normalized spacial score (nSPS) is 31.6. The molecule has 0 aromatic heterocycles. The summed E-state index contributed by atoms with van der Waals surface area (Å²) in [5, 5.41) is 9.08. The third-order valence-electron chi connectivity index (χ3n) is 3.56. The Hall–Kier alpha value is -0.860. The predicted octanol–water partition coefficient (Wildman–Crippen LogP) is 2.20. The molecule has 1 aliphatic rings. The Labute approximate surface area is 90.9 Å². The predicted molar refractivity (Wildman–Crippen MR) is 57.4 cm³/mol. The van der Waals surface area contributed by atoms with Crippen molar-refractivity contribution in [3.05, 3.63) is 0 Å². The van der Waals surface area contributed by atoms with E-state index in [1.54, 1.807) is 0 Å². The lowest BCUT2D eigenvalue weighted by Gasteiger charge is -2.27. The number of carbonyl (C=O) groups is 2. The molecule has 0 aromatic carbocycles. The molecule has 3 heteroatoms. The molecule has 3 nitrogen and oxygen atoms in total. The Morgan fingerprint density at radius 3 is 2.13 bits per heavy atom. The van der Waals surface area contributed by atoms with Crippen molar-refractivity contribution < 1.29 is 14.7 Å². The molecule has 1 fully saturated rings. The number of carboxylic acids is 1. The van der Waals surface area contributed by atoms with Crippen LogP contribution >= 0.6 is 0 Å². The molecule has 0 aromatic rings. The van der Waals surface area contributed by atoms with Gasteiger partial charge in [-0.05, 0) is 23.7 Å². The Bertz CT molecular complexity index is 268. The molecule has 0 spiro atoms. The highest BCUT2D eigenvalue weighted by Crippen LogP contribution is 2.43. The van der Waals surface area contributed by atoms with E-state index in [9.17, 15) is 9.59 Å². The van der Waals surface area contributed by atoms with Crippen LogP contribution in [0.5, 0.6) is 0 Å². The summed E-state index contributed by atoms with van der Waals surface area (Å²) in [6.45, 7) is 8.15. The molecule has 3 unspecified atom stereocenters. The van der Waals surface area contributed by atoms with Crippen LogP contribution in [-0.4, -0.2) is 16.9 Å². The lowest BCUT2D eigenvalue weighted by molar-refractivity contribution is -0.147. The second-order valence-electron chi connectivity index (χ2n) is 5.22. The standard InChI is InChI=1S/C12H20O3/c1-6(2)8-5-9(13)11(12(14)15)10(8)7(3)4/h6-8,10-11H,5H2,1-4H3,(H,14,15). The lowest BCUT2D eigenvalue weighted by atomic mass is 9.76. The molecule has 0 saturated heterocycles. The Balaban J connectivity index is 2.98. The molecular formula is C12H20O3. The van der Waals surface area contributed by atoms with Crippen molar-refractivity contribution in [1.82, 2.24) is 0 Å². The monoisotopic (exact) mass is 212 g/mol. The average molecular weight is 212 g/mol. The summed E-state index contributed by atoms with van der Waals surface area (Å²) >= 11 is 0. The van der Waals surface area contributed by atoms with Crippen molar-refractivity contribution >= 4 is 11.8 Å². The van der Waals surface area contributed by atoms with E-state index in [1.807, 2.05) is 13.8 Å². The molecule has 0 amide bonds. The second-order valence-corrected chi connectivity index (χ2v) is 5.22. The number of aliphatic carboxylic acids is 1. The van der Waals surface area contributed by atoms with E-state index >= 15 is 0 Å². The van der Waals surface area contributed by atoms with E-state index in [2.05, 4.69) is 13.8 Å². The topological polar surface area (TPSA) is 54.4 Å². The minimum Gasteiger partial charge on any atom is -0.481 e. The maximum absolute atomic E-state index is 11.7. The fourth-order valence-corrected chi connectivity index (χ4v) is 2.82. The molecule has 0 aliphatic heterocycles. The first-order valence-corrected chi connectivity index (χ1v) is 5.61. The summed E-state index contributed by atoms with van der Waals surface area (Å²) in [5.74, 6) is -0.914. The number of carboxylic acid groups (broad SMARTS) is 1. The van der Waals surface area contributed by atoms with Crippen LogP contribution < -0.4 is 0 Å². The van der Waals surface area contributed by atoms with E-state index in [4.69, 9.17) is 5.11 Å². The van der Waals surface area contributed by atoms with Crippen LogP contribution in [0.15, 0.2) is 0 Å². The highest BCUT2D eigenvalue weighted by atomic mass is 16.4. The number of carbonyl (C=O) groups excluding carboxylic acids is 1. The molecule has 3 atom stereocenters. The highest BCUT2D eigenvalue weighted by molar-refractivity contribution is 6.00. The molecule has 0 radical (unpaired) electrons. The van der Waals surface area contributed by atoms with Crippen LogP contribution in [0, 0.1) is 29.6 Å². The Morgan fingerprint density at radius 2 is 1.80 bits per heavy atom. The summed E-state index contributed by atoms with van der Waals surface area (Å²) in [6, 6.07) is 0. The summed E-state index contributed by atoms with van der Waals surface area (Å²) in [4.78, 5) is 22.7. The van der Waals surface area contributed by atoms with Gasteiger partial charge in [-0.2, -0.15) is 0 Å². The molecular weight excluding hydrogens is 192 g/mol. The molecule has 1 rings (SSSR count). The summed E-state index contributed by atoms with van der Waals surface area (Å²) < 4.78 is 0. The number of hydrogen-bond acceptors (Lipinski definition) is 2. The zero-order chi connectivity index (χ0) is 11.7. The van der Waals surface area contributed by atoms with Gasteiger partial charge in [-0.15, -0.1) is 0 Å². The minimum absolute atomic E-state index is 0.00926. The molecule has 0 heterocycles. The SMILES string of the molecule is CC(C)C1CC(=O)C(C(=O)O)C1C(C)C. The van der Waals surface area contributed by atoms with Crippen LogP contribution in [0.4, 0.5) is 0 Å². The van der Waals surface area contributed by atoms with Crippen LogP contribution in [0.1, 0.15) is 34.1 Å². The van der Waals surface area contributed by atoms with Crippen molar-refractivity contribution in [1.29, 1.82) is 0 Å². The average Bonchev–Trinajstić information content (AvgIpc) is 2.42. The zero-order valence-corrected chi connectivity index (χ0v) is 9.86. The van der Waals surface area contributed by atoms with Crippen molar-refractivity contribution in [2.24, 2.45) is 29.6 Å². The third-order valence-corrected chi connectivity index (χ3v) is 3.56. The fourth-order valence-electron chi connectivity index (χ4n) is 2.82. The lowest BCUT2D eigenvalue weighted by Crippen LogP contribution is -2.30. The van der Waals surface area contributed by atoms with E-state index in [0.717, 1.165) is 0 Å². The molecule has 1 saturated carbocycles. The van der Waals surface area contributed by atoms with Gasteiger partial charge >= 0.3 is 5.97 Å². The number of ketones is 1. The second kappa shape index (κ2) is 4.33. The maximum Gasteiger partial charge on any atom is 0.314 e. The molecule has 86 valence electrons. The van der Waals surface area contributed by atoms with Gasteiger partial charge in [-0.3, -0.25) is 9.59 Å². The first-order chi connectivity index (χ1) is 6.86. The molecule has 0 bridgehead atoms. The van der Waals surface area contributed by atoms with Crippen molar-refractivity contribution in [3.8, 4) is 0 Å². The van der Waals surface area contributed by atoms with Gasteiger partial charge in [0.15, 0.2) is 0 Å². The number of rotatable bonds is 3. The van der Waals surface area contributed by atoms with Gasteiger partial charge in [0.25, 0.3) is 0 Å².